The second-order valence-electron chi connectivity index (χ2n) is 7.09. The molecule has 7 heteroatoms. The molecule has 2 aliphatic rings. The minimum absolute atomic E-state index is 0.558. The predicted molar refractivity (Wildman–Crippen MR) is 106 cm³/mol. The Morgan fingerprint density at radius 3 is 2.74 bits per heavy atom. The molecular formula is C20H32N4O3. The number of likely N-dealkylation sites (N-methyl/N-ethyl adjacent to an activating group) is 1. The highest BCUT2D eigenvalue weighted by Crippen LogP contribution is 2.16. The Hall–Kier alpha value is -1.83. The molecular weight excluding hydrogens is 344 g/mol. The van der Waals surface area contributed by atoms with Gasteiger partial charge in [0.15, 0.2) is 5.96 Å². The first-order chi connectivity index (χ1) is 13.2. The van der Waals surface area contributed by atoms with E-state index in [1.165, 1.54) is 0 Å². The van der Waals surface area contributed by atoms with Crippen molar-refractivity contribution in [2.24, 2.45) is 10.7 Å². The first-order valence-corrected chi connectivity index (χ1v) is 9.85. The van der Waals surface area contributed by atoms with Crippen LogP contribution in [0.3, 0.4) is 0 Å². The highest BCUT2D eigenvalue weighted by Gasteiger charge is 2.18. The Kier molecular flexibility index (Phi) is 7.74. The Bertz CT molecular complexity index is 599. The van der Waals surface area contributed by atoms with Gasteiger partial charge < -0.3 is 24.8 Å². The van der Waals surface area contributed by atoms with Crippen LogP contribution in [0.1, 0.15) is 18.4 Å². The van der Waals surface area contributed by atoms with Crippen LogP contribution in [0.4, 0.5) is 0 Å². The van der Waals surface area contributed by atoms with E-state index in [9.17, 15) is 0 Å². The molecule has 2 aliphatic heterocycles. The molecule has 0 saturated carbocycles. The van der Waals surface area contributed by atoms with Gasteiger partial charge in [-0.15, -0.1) is 0 Å². The molecule has 0 aromatic heterocycles. The number of hydrogen-bond acceptors (Lipinski definition) is 5. The van der Waals surface area contributed by atoms with Crippen molar-refractivity contribution < 1.29 is 14.2 Å². The van der Waals surface area contributed by atoms with Gasteiger partial charge >= 0.3 is 0 Å². The van der Waals surface area contributed by atoms with Crippen LogP contribution in [0.2, 0.25) is 0 Å². The molecule has 2 heterocycles. The van der Waals surface area contributed by atoms with Gasteiger partial charge in [-0.05, 0) is 37.6 Å². The number of nitrogens with zero attached hydrogens (tertiary/aromatic N) is 3. The Morgan fingerprint density at radius 2 is 1.96 bits per heavy atom. The van der Waals surface area contributed by atoms with E-state index in [2.05, 4.69) is 27.9 Å². The first kappa shape index (κ1) is 19.9. The molecule has 2 fully saturated rings. The van der Waals surface area contributed by atoms with E-state index in [1.807, 2.05) is 18.2 Å². The summed E-state index contributed by atoms with van der Waals surface area (Å²) in [6.07, 6.45) is 2.21. The van der Waals surface area contributed by atoms with E-state index in [0.29, 0.717) is 38.4 Å². The smallest absolute Gasteiger partial charge is 0.191 e. The normalized spacial score (nSPS) is 19.5. The second-order valence-corrected chi connectivity index (χ2v) is 7.09. The van der Waals surface area contributed by atoms with E-state index in [1.54, 1.807) is 0 Å². The van der Waals surface area contributed by atoms with Gasteiger partial charge in [-0.1, -0.05) is 12.1 Å². The van der Waals surface area contributed by atoms with Gasteiger partial charge in [0.05, 0.1) is 19.8 Å². The van der Waals surface area contributed by atoms with Crippen molar-refractivity contribution in [1.82, 2.24) is 9.80 Å². The molecule has 7 nitrogen and oxygen atoms in total. The maximum Gasteiger partial charge on any atom is 0.191 e. The molecule has 27 heavy (non-hydrogen) atoms. The number of morpholine rings is 1. The van der Waals surface area contributed by atoms with E-state index in [4.69, 9.17) is 19.9 Å². The van der Waals surface area contributed by atoms with Crippen LogP contribution >= 0.6 is 0 Å². The van der Waals surface area contributed by atoms with Crippen LogP contribution in [-0.4, -0.2) is 81.5 Å². The average Bonchev–Trinajstić information content (AvgIpc) is 2.73. The fraction of sp³-hybridized carbons (Fsp3) is 0.650. The highest BCUT2D eigenvalue weighted by atomic mass is 16.5. The third kappa shape index (κ3) is 6.37. The number of ether oxygens (including phenoxy) is 3. The lowest BCUT2D eigenvalue weighted by Crippen LogP contribution is -2.44. The Balaban J connectivity index is 1.44. The quantitative estimate of drug-likeness (QED) is 0.572. The lowest BCUT2D eigenvalue weighted by molar-refractivity contribution is 0.0392. The molecule has 0 spiro atoms. The number of rotatable bonds is 7. The zero-order valence-electron chi connectivity index (χ0n) is 16.3. The van der Waals surface area contributed by atoms with Crippen molar-refractivity contribution in [2.45, 2.75) is 25.4 Å². The lowest BCUT2D eigenvalue weighted by Gasteiger charge is -2.31. The van der Waals surface area contributed by atoms with E-state index >= 15 is 0 Å². The van der Waals surface area contributed by atoms with Crippen molar-refractivity contribution in [3.05, 3.63) is 29.8 Å². The molecule has 0 unspecified atom stereocenters. The summed E-state index contributed by atoms with van der Waals surface area (Å²) in [5, 5.41) is 0. The number of benzene rings is 1. The van der Waals surface area contributed by atoms with Crippen molar-refractivity contribution in [3.63, 3.8) is 0 Å². The Morgan fingerprint density at radius 1 is 1.22 bits per heavy atom. The maximum absolute atomic E-state index is 6.09. The molecule has 0 radical (unpaired) electrons. The molecule has 0 aliphatic carbocycles. The monoisotopic (exact) mass is 376 g/mol. The minimum Gasteiger partial charge on any atom is -0.492 e. The molecule has 150 valence electrons. The van der Waals surface area contributed by atoms with Gasteiger partial charge in [-0.2, -0.15) is 0 Å². The molecule has 1 aromatic rings. The minimum atomic E-state index is 0.558. The van der Waals surface area contributed by atoms with Crippen LogP contribution in [-0.2, 0) is 16.0 Å². The Labute approximate surface area is 162 Å². The SMILES string of the molecule is CN(CCOc1cccc(CN=C(N)N2CCOCC2)c1)C1CCOCC1. The molecule has 0 bridgehead atoms. The first-order valence-electron chi connectivity index (χ1n) is 9.85. The van der Waals surface area contributed by atoms with Crippen molar-refractivity contribution >= 4 is 5.96 Å². The molecule has 3 rings (SSSR count). The number of nitrogens with two attached hydrogens (primary N) is 1. The molecule has 1 aromatic carbocycles. The van der Waals surface area contributed by atoms with E-state index in [0.717, 1.165) is 57.0 Å². The van der Waals surface area contributed by atoms with Crippen molar-refractivity contribution in [2.75, 3.05) is 59.7 Å². The van der Waals surface area contributed by atoms with Crippen molar-refractivity contribution in [3.8, 4) is 5.75 Å². The molecule has 0 amide bonds. The van der Waals surface area contributed by atoms with Gasteiger partial charge in [0.2, 0.25) is 0 Å². The fourth-order valence-corrected chi connectivity index (χ4v) is 3.41. The summed E-state index contributed by atoms with van der Waals surface area (Å²) in [5.41, 5.74) is 7.19. The summed E-state index contributed by atoms with van der Waals surface area (Å²) in [6, 6.07) is 8.70. The maximum atomic E-state index is 6.09. The van der Waals surface area contributed by atoms with Crippen LogP contribution in [0, 0.1) is 0 Å². The third-order valence-corrected chi connectivity index (χ3v) is 5.18. The summed E-state index contributed by atoms with van der Waals surface area (Å²) in [5.74, 6) is 1.47. The number of guanidine groups is 1. The number of aliphatic imine (C=N–C) groups is 1. The largest absolute Gasteiger partial charge is 0.492 e. The molecule has 0 atom stereocenters. The topological polar surface area (TPSA) is 72.5 Å². The van der Waals surface area contributed by atoms with Crippen LogP contribution < -0.4 is 10.5 Å². The van der Waals surface area contributed by atoms with E-state index in [-0.39, 0.29) is 0 Å². The van der Waals surface area contributed by atoms with Gasteiger partial charge in [0.1, 0.15) is 12.4 Å². The summed E-state index contributed by atoms with van der Waals surface area (Å²) in [6.45, 7) is 6.91. The fourth-order valence-electron chi connectivity index (χ4n) is 3.41. The lowest BCUT2D eigenvalue weighted by atomic mass is 10.1. The van der Waals surface area contributed by atoms with E-state index < -0.39 is 0 Å². The zero-order valence-corrected chi connectivity index (χ0v) is 16.3. The summed E-state index contributed by atoms with van der Waals surface area (Å²) in [4.78, 5) is 8.96. The van der Waals surface area contributed by atoms with Gasteiger partial charge in [-0.3, -0.25) is 4.90 Å². The zero-order chi connectivity index (χ0) is 18.9. The predicted octanol–water partition coefficient (Wildman–Crippen LogP) is 1.32. The highest BCUT2D eigenvalue weighted by molar-refractivity contribution is 5.78. The van der Waals surface area contributed by atoms with Crippen LogP contribution in [0.15, 0.2) is 29.3 Å². The van der Waals surface area contributed by atoms with Crippen LogP contribution in [0.5, 0.6) is 5.75 Å². The summed E-state index contributed by atoms with van der Waals surface area (Å²) >= 11 is 0. The summed E-state index contributed by atoms with van der Waals surface area (Å²) < 4.78 is 16.7. The van der Waals surface area contributed by atoms with Crippen LogP contribution in [0.25, 0.3) is 0 Å². The summed E-state index contributed by atoms with van der Waals surface area (Å²) in [7, 11) is 2.17. The van der Waals surface area contributed by atoms with Crippen molar-refractivity contribution in [1.29, 1.82) is 0 Å². The van der Waals surface area contributed by atoms with Gasteiger partial charge in [0, 0.05) is 38.9 Å². The standard InChI is InChI=1S/C20H32N4O3/c1-23(18-5-10-25-11-6-18)7-14-27-19-4-2-3-17(15-19)16-22-20(21)24-8-12-26-13-9-24/h2-4,15,18H,5-14,16H2,1H3,(H2,21,22). The second kappa shape index (κ2) is 10.5. The molecule has 2 saturated heterocycles. The number of hydrogen-bond donors (Lipinski definition) is 1. The third-order valence-electron chi connectivity index (χ3n) is 5.18. The molecule has 2 N–H and O–H groups in total. The van der Waals surface area contributed by atoms with Gasteiger partial charge in [0.25, 0.3) is 0 Å². The van der Waals surface area contributed by atoms with Gasteiger partial charge in [-0.25, -0.2) is 4.99 Å². The average molecular weight is 377 g/mol.